The van der Waals surface area contributed by atoms with Gasteiger partial charge in [0.25, 0.3) is 0 Å². The molecule has 22 heavy (non-hydrogen) atoms. The van der Waals surface area contributed by atoms with Crippen LogP contribution in [-0.2, 0) is 16.0 Å². The second-order valence-corrected chi connectivity index (χ2v) is 5.33. The van der Waals surface area contributed by atoms with Crippen molar-refractivity contribution in [3.05, 3.63) is 28.2 Å². The third kappa shape index (κ3) is 5.97. The molecule has 0 saturated carbocycles. The van der Waals surface area contributed by atoms with Crippen LogP contribution in [0.15, 0.2) is 22.7 Å². The standard InChI is InChI=1S/C14H17BrF2N2O3/c1-22-12-6-9(2-3-10(12)15)4-5-18-14(21)11(19-8-20)7-13(16)17/h2-3,6,8,11,13H,4-5,7H2,1H3,(H,18,21)(H,19,20)/t11-/m0/s1. The number of rotatable bonds is 9. The molecular formula is C14H17BrF2N2O3. The number of methoxy groups -OCH3 is 1. The zero-order valence-corrected chi connectivity index (χ0v) is 13.5. The molecule has 0 aliphatic heterocycles. The van der Waals surface area contributed by atoms with Crippen molar-refractivity contribution in [3.8, 4) is 5.75 Å². The van der Waals surface area contributed by atoms with Crippen LogP contribution in [0.1, 0.15) is 12.0 Å². The van der Waals surface area contributed by atoms with Gasteiger partial charge in [0.15, 0.2) is 0 Å². The molecule has 0 aliphatic carbocycles. The molecule has 0 fully saturated rings. The van der Waals surface area contributed by atoms with Crippen LogP contribution in [0.2, 0.25) is 0 Å². The van der Waals surface area contributed by atoms with Crippen LogP contribution >= 0.6 is 15.9 Å². The smallest absolute Gasteiger partial charge is 0.242 e. The summed E-state index contributed by atoms with van der Waals surface area (Å²) in [4.78, 5) is 22.1. The average Bonchev–Trinajstić information content (AvgIpc) is 2.48. The van der Waals surface area contributed by atoms with Crippen LogP contribution in [0.25, 0.3) is 0 Å². The largest absolute Gasteiger partial charge is 0.496 e. The first-order chi connectivity index (χ1) is 10.5. The topological polar surface area (TPSA) is 67.4 Å². The summed E-state index contributed by atoms with van der Waals surface area (Å²) in [5.74, 6) is 0.0403. The monoisotopic (exact) mass is 378 g/mol. The van der Waals surface area contributed by atoms with E-state index in [2.05, 4.69) is 26.6 Å². The van der Waals surface area contributed by atoms with E-state index in [-0.39, 0.29) is 13.0 Å². The Labute approximate surface area is 135 Å². The van der Waals surface area contributed by atoms with Gasteiger partial charge in [0.05, 0.1) is 11.6 Å². The number of nitrogens with one attached hydrogen (secondary N) is 2. The van der Waals surface area contributed by atoms with E-state index in [1.165, 1.54) is 0 Å². The second kappa shape index (κ2) is 9.34. The molecule has 0 aliphatic rings. The summed E-state index contributed by atoms with van der Waals surface area (Å²) in [5, 5.41) is 4.62. The molecule has 122 valence electrons. The number of carbonyl (C=O) groups is 2. The van der Waals surface area contributed by atoms with Crippen molar-refractivity contribution < 1.29 is 23.1 Å². The number of benzene rings is 1. The molecule has 1 rings (SSSR count). The van der Waals surface area contributed by atoms with Gasteiger partial charge in [-0.15, -0.1) is 0 Å². The fourth-order valence-corrected chi connectivity index (χ4v) is 2.23. The number of alkyl halides is 2. The SMILES string of the molecule is COc1cc(CCNC(=O)[C@H](CC(F)F)NC=O)ccc1Br. The van der Waals surface area contributed by atoms with Gasteiger partial charge in [-0.3, -0.25) is 9.59 Å². The van der Waals surface area contributed by atoms with Crippen molar-refractivity contribution in [2.24, 2.45) is 0 Å². The number of amides is 2. The van der Waals surface area contributed by atoms with Crippen molar-refractivity contribution in [2.75, 3.05) is 13.7 Å². The number of carbonyl (C=O) groups excluding carboxylic acids is 2. The van der Waals surface area contributed by atoms with E-state index in [1.54, 1.807) is 7.11 Å². The molecule has 0 spiro atoms. The first-order valence-electron chi connectivity index (χ1n) is 6.56. The molecule has 1 aromatic rings. The van der Waals surface area contributed by atoms with Gasteiger partial charge in [-0.25, -0.2) is 8.78 Å². The number of hydrogen-bond donors (Lipinski definition) is 2. The highest BCUT2D eigenvalue weighted by atomic mass is 79.9. The van der Waals surface area contributed by atoms with Gasteiger partial charge in [-0.1, -0.05) is 6.07 Å². The maximum atomic E-state index is 12.3. The molecule has 0 radical (unpaired) electrons. The van der Waals surface area contributed by atoms with Gasteiger partial charge in [0.2, 0.25) is 18.7 Å². The average molecular weight is 379 g/mol. The van der Waals surface area contributed by atoms with E-state index >= 15 is 0 Å². The third-order valence-electron chi connectivity index (χ3n) is 2.93. The number of hydrogen-bond acceptors (Lipinski definition) is 3. The zero-order valence-electron chi connectivity index (χ0n) is 11.9. The summed E-state index contributed by atoms with van der Waals surface area (Å²) in [7, 11) is 1.55. The van der Waals surface area contributed by atoms with Gasteiger partial charge in [-0.05, 0) is 40.0 Å². The first kappa shape index (κ1) is 18.3. The lowest BCUT2D eigenvalue weighted by Crippen LogP contribution is -2.45. The van der Waals surface area contributed by atoms with Crippen LogP contribution in [0.3, 0.4) is 0 Å². The van der Waals surface area contributed by atoms with Crippen LogP contribution in [0.4, 0.5) is 8.78 Å². The molecule has 5 nitrogen and oxygen atoms in total. The first-order valence-corrected chi connectivity index (χ1v) is 7.35. The van der Waals surface area contributed by atoms with Gasteiger partial charge < -0.3 is 15.4 Å². The van der Waals surface area contributed by atoms with Gasteiger partial charge in [0, 0.05) is 13.0 Å². The second-order valence-electron chi connectivity index (χ2n) is 4.47. The van der Waals surface area contributed by atoms with Gasteiger partial charge >= 0.3 is 0 Å². The van der Waals surface area contributed by atoms with Crippen molar-refractivity contribution in [1.82, 2.24) is 10.6 Å². The highest BCUT2D eigenvalue weighted by Gasteiger charge is 2.21. The minimum absolute atomic E-state index is 0.242. The van der Waals surface area contributed by atoms with Crippen molar-refractivity contribution in [3.63, 3.8) is 0 Å². The normalized spacial score (nSPS) is 11.9. The molecule has 0 heterocycles. The van der Waals surface area contributed by atoms with Gasteiger partial charge in [0.1, 0.15) is 11.8 Å². The Kier molecular flexibility index (Phi) is 7.79. The van der Waals surface area contributed by atoms with E-state index in [4.69, 9.17) is 4.74 Å². The zero-order chi connectivity index (χ0) is 16.5. The highest BCUT2D eigenvalue weighted by Crippen LogP contribution is 2.25. The van der Waals surface area contributed by atoms with E-state index in [0.29, 0.717) is 12.2 Å². The molecular weight excluding hydrogens is 362 g/mol. The summed E-state index contributed by atoms with van der Waals surface area (Å²) in [6.07, 6.45) is -2.63. The maximum Gasteiger partial charge on any atom is 0.242 e. The van der Waals surface area contributed by atoms with E-state index in [1.807, 2.05) is 18.2 Å². The minimum Gasteiger partial charge on any atom is -0.496 e. The summed E-state index contributed by atoms with van der Waals surface area (Å²) >= 11 is 3.33. The predicted octanol–water partition coefficient (Wildman–Crippen LogP) is 1.89. The molecule has 0 aromatic heterocycles. The summed E-state index contributed by atoms with van der Waals surface area (Å²) in [5.41, 5.74) is 0.925. The lowest BCUT2D eigenvalue weighted by atomic mass is 10.1. The molecule has 1 atom stereocenters. The molecule has 0 bridgehead atoms. The fourth-order valence-electron chi connectivity index (χ4n) is 1.82. The van der Waals surface area contributed by atoms with Crippen LogP contribution in [0.5, 0.6) is 5.75 Å². The molecule has 0 saturated heterocycles. The van der Waals surface area contributed by atoms with Crippen LogP contribution < -0.4 is 15.4 Å². The molecule has 2 N–H and O–H groups in total. The van der Waals surface area contributed by atoms with Crippen molar-refractivity contribution >= 4 is 28.2 Å². The van der Waals surface area contributed by atoms with E-state index < -0.39 is 24.8 Å². The minimum atomic E-state index is -2.67. The van der Waals surface area contributed by atoms with Gasteiger partial charge in [-0.2, -0.15) is 0 Å². The maximum absolute atomic E-state index is 12.3. The number of halogens is 3. The molecule has 8 heteroatoms. The van der Waals surface area contributed by atoms with Crippen LogP contribution in [-0.4, -0.2) is 38.4 Å². The lowest BCUT2D eigenvalue weighted by molar-refractivity contribution is -0.126. The Bertz CT molecular complexity index is 515. The van der Waals surface area contributed by atoms with E-state index in [0.717, 1.165) is 10.0 Å². The Morgan fingerprint density at radius 1 is 1.45 bits per heavy atom. The predicted molar refractivity (Wildman–Crippen MR) is 81.0 cm³/mol. The summed E-state index contributed by atoms with van der Waals surface area (Å²) in [6, 6.07) is 4.27. The Morgan fingerprint density at radius 2 is 2.18 bits per heavy atom. The fraction of sp³-hybridized carbons (Fsp3) is 0.429. The van der Waals surface area contributed by atoms with Crippen LogP contribution in [0, 0.1) is 0 Å². The molecule has 2 amide bonds. The Balaban J connectivity index is 2.51. The molecule has 1 aromatic carbocycles. The summed E-state index contributed by atoms with van der Waals surface area (Å²) in [6.45, 7) is 0.268. The van der Waals surface area contributed by atoms with Crippen molar-refractivity contribution in [1.29, 1.82) is 0 Å². The molecule has 0 unspecified atom stereocenters. The lowest BCUT2D eigenvalue weighted by Gasteiger charge is -2.15. The Hall–Kier alpha value is -1.70. The summed E-state index contributed by atoms with van der Waals surface area (Å²) < 4.78 is 30.6. The highest BCUT2D eigenvalue weighted by molar-refractivity contribution is 9.10. The Morgan fingerprint density at radius 3 is 2.77 bits per heavy atom. The van der Waals surface area contributed by atoms with Crippen molar-refractivity contribution in [2.45, 2.75) is 25.3 Å². The number of ether oxygens (including phenoxy) is 1. The third-order valence-corrected chi connectivity index (χ3v) is 3.58. The quantitative estimate of drug-likeness (QED) is 0.644. The van der Waals surface area contributed by atoms with E-state index in [9.17, 15) is 18.4 Å².